The first-order valence-corrected chi connectivity index (χ1v) is 10.8. The van der Waals surface area contributed by atoms with Crippen LogP contribution in [0.25, 0.3) is 17.0 Å². The van der Waals surface area contributed by atoms with E-state index in [1.807, 2.05) is 53.2 Å². The number of esters is 1. The molecule has 1 aliphatic rings. The fraction of sp³-hybridized carbons (Fsp3) is 0.167. The number of imide groups is 1. The van der Waals surface area contributed by atoms with Gasteiger partial charge in [0.25, 0.3) is 11.1 Å². The maximum absolute atomic E-state index is 12.7. The second-order valence-corrected chi connectivity index (χ2v) is 8.06. The average molecular weight is 446 g/mol. The molecule has 1 aliphatic heterocycles. The lowest BCUT2D eigenvalue weighted by Crippen LogP contribution is -2.34. The van der Waals surface area contributed by atoms with Gasteiger partial charge in [0.1, 0.15) is 6.54 Å². The number of ether oxygens (including phenoxy) is 1. The van der Waals surface area contributed by atoms with Crippen LogP contribution in [-0.2, 0) is 20.9 Å². The molecule has 7 nitrogen and oxygen atoms in total. The first kappa shape index (κ1) is 21.4. The summed E-state index contributed by atoms with van der Waals surface area (Å²) in [5.41, 5.74) is 3.21. The van der Waals surface area contributed by atoms with Crippen molar-refractivity contribution in [2.75, 3.05) is 13.2 Å². The largest absolute Gasteiger partial charge is 0.465 e. The predicted molar refractivity (Wildman–Crippen MR) is 122 cm³/mol. The highest BCUT2D eigenvalue weighted by Gasteiger charge is 2.36. The molecule has 0 aliphatic carbocycles. The summed E-state index contributed by atoms with van der Waals surface area (Å²) in [5.74, 6) is -1.14. The summed E-state index contributed by atoms with van der Waals surface area (Å²) >= 11 is 0.803. The van der Waals surface area contributed by atoms with Crippen LogP contribution in [0.2, 0.25) is 0 Å². The normalized spacial score (nSPS) is 14.9. The zero-order chi connectivity index (χ0) is 22.7. The Labute approximate surface area is 188 Å². The molecule has 0 unspecified atom stereocenters. The van der Waals surface area contributed by atoms with Crippen LogP contribution >= 0.6 is 11.8 Å². The molecule has 1 saturated heterocycles. The van der Waals surface area contributed by atoms with Gasteiger partial charge in [-0.1, -0.05) is 36.4 Å². The van der Waals surface area contributed by atoms with E-state index in [1.165, 1.54) is 0 Å². The maximum Gasteiger partial charge on any atom is 0.326 e. The zero-order valence-corrected chi connectivity index (χ0v) is 18.1. The van der Waals surface area contributed by atoms with Gasteiger partial charge in [-0.2, -0.15) is 5.26 Å². The van der Waals surface area contributed by atoms with Crippen LogP contribution in [0.4, 0.5) is 4.79 Å². The predicted octanol–water partition coefficient (Wildman–Crippen LogP) is 4.16. The Morgan fingerprint density at radius 1 is 1.16 bits per heavy atom. The second kappa shape index (κ2) is 9.12. The Hall–Kier alpha value is -3.83. The van der Waals surface area contributed by atoms with E-state index in [1.54, 1.807) is 19.1 Å². The topological polar surface area (TPSA) is 92.4 Å². The molecule has 0 N–H and O–H groups in total. The van der Waals surface area contributed by atoms with Gasteiger partial charge in [0.05, 0.1) is 23.1 Å². The van der Waals surface area contributed by atoms with Crippen LogP contribution in [0, 0.1) is 11.3 Å². The van der Waals surface area contributed by atoms with E-state index < -0.39 is 23.7 Å². The number of hydrogen-bond donors (Lipinski definition) is 0. The third kappa shape index (κ3) is 4.15. The van der Waals surface area contributed by atoms with Crippen molar-refractivity contribution in [3.8, 4) is 6.07 Å². The van der Waals surface area contributed by atoms with Crippen LogP contribution < -0.4 is 0 Å². The summed E-state index contributed by atoms with van der Waals surface area (Å²) in [6.45, 7) is 1.93. The van der Waals surface area contributed by atoms with Crippen molar-refractivity contribution in [2.45, 2.75) is 13.5 Å². The second-order valence-electron chi connectivity index (χ2n) is 7.07. The number of para-hydroxylation sites is 1. The van der Waals surface area contributed by atoms with Crippen molar-refractivity contribution in [1.82, 2.24) is 9.47 Å². The van der Waals surface area contributed by atoms with Crippen LogP contribution in [-0.4, -0.2) is 39.7 Å². The van der Waals surface area contributed by atoms with E-state index in [0.29, 0.717) is 12.1 Å². The third-order valence-electron chi connectivity index (χ3n) is 5.05. The van der Waals surface area contributed by atoms with Gasteiger partial charge < -0.3 is 9.30 Å². The van der Waals surface area contributed by atoms with Gasteiger partial charge in [0, 0.05) is 29.2 Å². The molecule has 32 heavy (non-hydrogen) atoms. The van der Waals surface area contributed by atoms with Crippen LogP contribution in [0.5, 0.6) is 0 Å². The lowest BCUT2D eigenvalue weighted by Gasteiger charge is -2.10. The van der Waals surface area contributed by atoms with Crippen molar-refractivity contribution >= 4 is 45.9 Å². The molecule has 8 heteroatoms. The molecule has 160 valence electrons. The maximum atomic E-state index is 12.7. The summed E-state index contributed by atoms with van der Waals surface area (Å²) < 4.78 is 6.86. The first-order valence-electron chi connectivity index (χ1n) is 9.98. The number of benzene rings is 2. The quantitative estimate of drug-likeness (QED) is 0.418. The van der Waals surface area contributed by atoms with Gasteiger partial charge in [0.2, 0.25) is 0 Å². The van der Waals surface area contributed by atoms with Crippen molar-refractivity contribution in [1.29, 1.82) is 5.26 Å². The number of aromatic nitrogens is 1. The summed E-state index contributed by atoms with van der Waals surface area (Å²) in [7, 11) is 0. The number of carbonyl (C=O) groups excluding carboxylic acids is 3. The van der Waals surface area contributed by atoms with Crippen LogP contribution in [0.1, 0.15) is 23.6 Å². The van der Waals surface area contributed by atoms with Gasteiger partial charge in [0.15, 0.2) is 0 Å². The van der Waals surface area contributed by atoms with E-state index >= 15 is 0 Å². The summed E-state index contributed by atoms with van der Waals surface area (Å²) in [6, 6.07) is 17.4. The highest BCUT2D eigenvalue weighted by atomic mass is 32.2. The molecule has 0 spiro atoms. The lowest BCUT2D eigenvalue weighted by molar-refractivity contribution is -0.145. The molecule has 2 aromatic carbocycles. The average Bonchev–Trinajstić information content (AvgIpc) is 3.26. The van der Waals surface area contributed by atoms with E-state index in [2.05, 4.69) is 6.07 Å². The number of amides is 2. The number of nitriles is 1. The molecule has 4 rings (SSSR count). The molecule has 1 aromatic heterocycles. The minimum atomic E-state index is -0.621. The van der Waals surface area contributed by atoms with Crippen LogP contribution in [0.15, 0.2) is 59.6 Å². The molecular formula is C24H19N3O4S. The van der Waals surface area contributed by atoms with Crippen molar-refractivity contribution in [3.63, 3.8) is 0 Å². The molecule has 0 atom stereocenters. The molecule has 0 bridgehead atoms. The summed E-state index contributed by atoms with van der Waals surface area (Å²) in [6.07, 6.45) is 3.57. The molecule has 0 saturated carbocycles. The standard InChI is InChI=1S/C24H19N3O4S/c1-2-31-22(28)15-27-23(29)21(32-24(27)30)11-18-14-26(20-10-6-5-9-19(18)20)13-17-8-4-3-7-16(17)12-25/h3-11,14H,2,13,15H2,1H3/b21-11+. The highest BCUT2D eigenvalue weighted by Crippen LogP contribution is 2.34. The van der Waals surface area contributed by atoms with Gasteiger partial charge in [-0.3, -0.25) is 19.3 Å². The van der Waals surface area contributed by atoms with Gasteiger partial charge >= 0.3 is 5.97 Å². The van der Waals surface area contributed by atoms with E-state index in [4.69, 9.17) is 4.74 Å². The van der Waals surface area contributed by atoms with Crippen LogP contribution in [0.3, 0.4) is 0 Å². The Bertz CT molecular complexity index is 1300. The van der Waals surface area contributed by atoms with E-state index in [-0.39, 0.29) is 11.5 Å². The Morgan fingerprint density at radius 2 is 1.91 bits per heavy atom. The molecule has 1 fully saturated rings. The Balaban J connectivity index is 1.68. The monoisotopic (exact) mass is 445 g/mol. The van der Waals surface area contributed by atoms with Crippen molar-refractivity contribution in [3.05, 3.63) is 76.3 Å². The minimum Gasteiger partial charge on any atom is -0.465 e. The molecule has 2 amide bonds. The minimum absolute atomic E-state index is 0.180. The van der Waals surface area contributed by atoms with E-state index in [9.17, 15) is 19.6 Å². The van der Waals surface area contributed by atoms with Gasteiger partial charge in [-0.25, -0.2) is 0 Å². The van der Waals surface area contributed by atoms with Gasteiger partial charge in [-0.05, 0) is 42.5 Å². The van der Waals surface area contributed by atoms with Crippen molar-refractivity contribution in [2.24, 2.45) is 0 Å². The number of hydrogen-bond acceptors (Lipinski definition) is 6. The van der Waals surface area contributed by atoms with Gasteiger partial charge in [-0.15, -0.1) is 0 Å². The molecule has 0 radical (unpaired) electrons. The Morgan fingerprint density at radius 3 is 2.69 bits per heavy atom. The first-order chi connectivity index (χ1) is 15.5. The van der Waals surface area contributed by atoms with Crippen molar-refractivity contribution < 1.29 is 19.1 Å². The fourth-order valence-corrected chi connectivity index (χ4v) is 4.41. The molecule has 3 aromatic rings. The fourth-order valence-electron chi connectivity index (χ4n) is 3.59. The number of rotatable bonds is 6. The number of fused-ring (bicyclic) bond motifs is 1. The molecular weight excluding hydrogens is 426 g/mol. The third-order valence-corrected chi connectivity index (χ3v) is 5.96. The highest BCUT2D eigenvalue weighted by molar-refractivity contribution is 8.18. The number of nitrogens with zero attached hydrogens (tertiary/aromatic N) is 3. The SMILES string of the molecule is CCOC(=O)CN1C(=O)S/C(=C/c2cn(Cc3ccccc3C#N)c3ccccc23)C1=O. The summed E-state index contributed by atoms with van der Waals surface area (Å²) in [4.78, 5) is 37.9. The Kier molecular flexibility index (Phi) is 6.10. The number of carbonyl (C=O) groups is 3. The number of thioether (sulfide) groups is 1. The zero-order valence-electron chi connectivity index (χ0n) is 17.3. The van der Waals surface area contributed by atoms with E-state index in [0.717, 1.165) is 38.7 Å². The summed E-state index contributed by atoms with van der Waals surface area (Å²) in [5, 5.41) is 9.82. The molecule has 2 heterocycles. The smallest absolute Gasteiger partial charge is 0.326 e. The lowest BCUT2D eigenvalue weighted by atomic mass is 10.1.